The third-order valence-electron chi connectivity index (χ3n) is 6.47. The second-order valence-corrected chi connectivity index (χ2v) is 8.26. The fraction of sp³-hybridized carbons (Fsp3) is 0.440. The van der Waals surface area contributed by atoms with Crippen LogP contribution in [0.2, 0.25) is 0 Å². The van der Waals surface area contributed by atoms with Crippen LogP contribution in [-0.2, 0) is 6.42 Å². The lowest BCUT2D eigenvalue weighted by Gasteiger charge is -2.29. The normalized spacial score (nSPS) is 22.3. The van der Waals surface area contributed by atoms with Crippen LogP contribution >= 0.6 is 0 Å². The molecule has 0 bridgehead atoms. The Morgan fingerprint density at radius 1 is 0.889 bits per heavy atom. The van der Waals surface area contributed by atoms with Gasteiger partial charge in [-0.05, 0) is 90.3 Å². The minimum absolute atomic E-state index is 0.708. The highest BCUT2D eigenvalue weighted by Crippen LogP contribution is 2.39. The lowest BCUT2D eigenvalue weighted by atomic mass is 9.76. The zero-order valence-electron chi connectivity index (χ0n) is 16.1. The van der Waals surface area contributed by atoms with E-state index in [9.17, 15) is 8.78 Å². The minimum atomic E-state index is -0.783. The first-order valence-corrected chi connectivity index (χ1v) is 10.4. The molecule has 0 amide bonds. The quantitative estimate of drug-likeness (QED) is 0.525. The molecule has 0 nitrogen and oxygen atoms in total. The van der Waals surface area contributed by atoms with E-state index in [2.05, 4.69) is 31.2 Å². The smallest absolute Gasteiger partial charge is 0.159 e. The molecule has 0 atom stereocenters. The van der Waals surface area contributed by atoms with Crippen LogP contribution in [0.1, 0.15) is 80.0 Å². The summed E-state index contributed by atoms with van der Waals surface area (Å²) in [6, 6.07) is 11.1. The second-order valence-electron chi connectivity index (χ2n) is 8.26. The molecule has 0 heterocycles. The lowest BCUT2D eigenvalue weighted by molar-refractivity contribution is 0.308. The summed E-state index contributed by atoms with van der Waals surface area (Å²) < 4.78 is 26.8. The van der Waals surface area contributed by atoms with Gasteiger partial charge in [0.05, 0.1) is 0 Å². The van der Waals surface area contributed by atoms with Crippen molar-refractivity contribution in [3.05, 3.63) is 70.3 Å². The van der Waals surface area contributed by atoms with E-state index in [1.54, 1.807) is 6.07 Å². The van der Waals surface area contributed by atoms with Gasteiger partial charge in [0.1, 0.15) is 0 Å². The molecule has 2 aromatic carbocycles. The predicted molar refractivity (Wildman–Crippen MR) is 109 cm³/mol. The summed E-state index contributed by atoms with van der Waals surface area (Å²) in [6.07, 6.45) is 12.1. The average Bonchev–Trinajstić information content (AvgIpc) is 2.70. The van der Waals surface area contributed by atoms with Gasteiger partial charge >= 0.3 is 0 Å². The minimum Gasteiger partial charge on any atom is -0.204 e. The molecular weight excluding hydrogens is 338 g/mol. The third kappa shape index (κ3) is 4.00. The molecule has 0 unspecified atom stereocenters. The molecule has 0 radical (unpaired) electrons. The van der Waals surface area contributed by atoms with E-state index in [-0.39, 0.29) is 0 Å². The maximum absolute atomic E-state index is 13.6. The summed E-state index contributed by atoms with van der Waals surface area (Å²) in [5.74, 6) is 0.0903. The lowest BCUT2D eigenvalue weighted by Crippen LogP contribution is -2.13. The molecule has 142 valence electrons. The number of benzene rings is 2. The van der Waals surface area contributed by atoms with Crippen molar-refractivity contribution in [1.82, 2.24) is 0 Å². The average molecular weight is 366 g/mol. The van der Waals surface area contributed by atoms with E-state index in [1.807, 2.05) is 0 Å². The summed E-state index contributed by atoms with van der Waals surface area (Å²) in [5.41, 5.74) is 6.00. The molecule has 2 heteroatoms. The van der Waals surface area contributed by atoms with Gasteiger partial charge in [-0.15, -0.1) is 0 Å². The largest absolute Gasteiger partial charge is 0.204 e. The SMILES string of the molecule is CCC[C@H]1CC[C@H](c2ccc3c(c2)CCC(c2ccc(F)c(F)c2)=C3)CC1. The Labute approximate surface area is 161 Å². The van der Waals surface area contributed by atoms with Crippen molar-refractivity contribution in [1.29, 1.82) is 0 Å². The van der Waals surface area contributed by atoms with E-state index < -0.39 is 11.6 Å². The van der Waals surface area contributed by atoms with Crippen molar-refractivity contribution in [3.63, 3.8) is 0 Å². The standard InChI is InChI=1S/C25H28F2/c1-2-3-17-4-6-18(7-5-17)19-8-9-21-15-22(11-10-20(21)14-19)23-12-13-24(26)25(27)16-23/h8-9,12-18H,2-7,10-11H2,1H3/t17-,18-. The van der Waals surface area contributed by atoms with Gasteiger partial charge in [-0.3, -0.25) is 0 Å². The Bertz CT molecular complexity index is 841. The Kier molecular flexibility index (Phi) is 5.43. The van der Waals surface area contributed by atoms with Crippen molar-refractivity contribution in [2.24, 2.45) is 5.92 Å². The molecule has 2 aliphatic carbocycles. The molecule has 0 N–H and O–H groups in total. The van der Waals surface area contributed by atoms with Crippen LogP contribution in [0.3, 0.4) is 0 Å². The van der Waals surface area contributed by atoms with Crippen molar-refractivity contribution in [2.75, 3.05) is 0 Å². The number of rotatable bonds is 4. The Balaban J connectivity index is 1.51. The number of hydrogen-bond donors (Lipinski definition) is 0. The molecule has 1 saturated carbocycles. The first-order valence-electron chi connectivity index (χ1n) is 10.4. The van der Waals surface area contributed by atoms with Crippen LogP contribution in [0, 0.1) is 17.6 Å². The number of halogens is 2. The summed E-state index contributed by atoms with van der Waals surface area (Å²) in [4.78, 5) is 0. The monoisotopic (exact) mass is 366 g/mol. The summed E-state index contributed by atoms with van der Waals surface area (Å²) in [7, 11) is 0. The molecule has 0 spiro atoms. The maximum Gasteiger partial charge on any atom is 0.159 e. The van der Waals surface area contributed by atoms with Crippen molar-refractivity contribution in [2.45, 2.75) is 64.2 Å². The van der Waals surface area contributed by atoms with Crippen LogP contribution in [0.4, 0.5) is 8.78 Å². The third-order valence-corrected chi connectivity index (χ3v) is 6.47. The Morgan fingerprint density at radius 2 is 1.70 bits per heavy atom. The predicted octanol–water partition coefficient (Wildman–Crippen LogP) is 7.53. The van der Waals surface area contributed by atoms with Gasteiger partial charge in [0, 0.05) is 0 Å². The first kappa shape index (κ1) is 18.4. The van der Waals surface area contributed by atoms with Crippen LogP contribution in [-0.4, -0.2) is 0 Å². The van der Waals surface area contributed by atoms with Crippen molar-refractivity contribution >= 4 is 11.6 Å². The Hall–Kier alpha value is -1.96. The summed E-state index contributed by atoms with van der Waals surface area (Å²) >= 11 is 0. The van der Waals surface area contributed by atoms with Gasteiger partial charge in [-0.25, -0.2) is 8.78 Å². The maximum atomic E-state index is 13.6. The van der Waals surface area contributed by atoms with E-state index in [4.69, 9.17) is 0 Å². The molecular formula is C25H28F2. The molecule has 0 saturated heterocycles. The second kappa shape index (κ2) is 7.96. The zero-order chi connectivity index (χ0) is 18.8. The van der Waals surface area contributed by atoms with Crippen LogP contribution in [0.5, 0.6) is 0 Å². The van der Waals surface area contributed by atoms with Crippen molar-refractivity contribution in [3.8, 4) is 0 Å². The van der Waals surface area contributed by atoms with E-state index >= 15 is 0 Å². The van der Waals surface area contributed by atoms with Gasteiger partial charge in [0.2, 0.25) is 0 Å². The van der Waals surface area contributed by atoms with Crippen LogP contribution in [0.25, 0.3) is 11.6 Å². The van der Waals surface area contributed by atoms with Gasteiger partial charge < -0.3 is 0 Å². The molecule has 0 aliphatic heterocycles. The molecule has 27 heavy (non-hydrogen) atoms. The van der Waals surface area contributed by atoms with Crippen LogP contribution < -0.4 is 0 Å². The van der Waals surface area contributed by atoms with Gasteiger partial charge in [0.15, 0.2) is 11.6 Å². The molecule has 2 aromatic rings. The number of aryl methyl sites for hydroxylation is 1. The summed E-state index contributed by atoms with van der Waals surface area (Å²) in [6.45, 7) is 2.29. The van der Waals surface area contributed by atoms with Gasteiger partial charge in [-0.2, -0.15) is 0 Å². The van der Waals surface area contributed by atoms with Gasteiger partial charge in [-0.1, -0.05) is 50.1 Å². The highest BCUT2D eigenvalue weighted by Gasteiger charge is 2.23. The van der Waals surface area contributed by atoms with Crippen molar-refractivity contribution < 1.29 is 8.78 Å². The summed E-state index contributed by atoms with van der Waals surface area (Å²) in [5, 5.41) is 0. The van der Waals surface area contributed by atoms with E-state index in [0.29, 0.717) is 5.92 Å². The number of fused-ring (bicyclic) bond motifs is 1. The highest BCUT2D eigenvalue weighted by molar-refractivity contribution is 5.84. The fourth-order valence-corrected chi connectivity index (χ4v) is 4.88. The molecule has 0 aromatic heterocycles. The highest BCUT2D eigenvalue weighted by atomic mass is 19.2. The van der Waals surface area contributed by atoms with Gasteiger partial charge in [0.25, 0.3) is 0 Å². The number of allylic oxidation sites excluding steroid dienone is 1. The van der Waals surface area contributed by atoms with E-state index in [1.165, 1.54) is 67.3 Å². The first-order chi connectivity index (χ1) is 13.1. The Morgan fingerprint density at radius 3 is 2.44 bits per heavy atom. The molecule has 1 fully saturated rings. The van der Waals surface area contributed by atoms with E-state index in [0.717, 1.165) is 29.9 Å². The molecule has 2 aliphatic rings. The fourth-order valence-electron chi connectivity index (χ4n) is 4.88. The molecule has 4 rings (SSSR count). The zero-order valence-corrected chi connectivity index (χ0v) is 16.1. The topological polar surface area (TPSA) is 0 Å². The van der Waals surface area contributed by atoms with Crippen LogP contribution in [0.15, 0.2) is 36.4 Å². The number of hydrogen-bond acceptors (Lipinski definition) is 0.